The van der Waals surface area contributed by atoms with E-state index in [0.717, 1.165) is 50.3 Å². The van der Waals surface area contributed by atoms with Crippen molar-refractivity contribution >= 4 is 11.7 Å². The van der Waals surface area contributed by atoms with Crippen molar-refractivity contribution in [2.24, 2.45) is 5.41 Å². The fourth-order valence-electron chi connectivity index (χ4n) is 4.07. The summed E-state index contributed by atoms with van der Waals surface area (Å²) < 4.78 is 13.4. The first kappa shape index (κ1) is 16.1. The third-order valence-corrected chi connectivity index (χ3v) is 5.56. The van der Waals surface area contributed by atoms with Gasteiger partial charge in [-0.3, -0.25) is 4.79 Å². The molecule has 1 spiro atoms. The summed E-state index contributed by atoms with van der Waals surface area (Å²) in [6.45, 7) is 2.98. The highest BCUT2D eigenvalue weighted by Crippen LogP contribution is 2.42. The van der Waals surface area contributed by atoms with Gasteiger partial charge in [-0.25, -0.2) is 9.37 Å². The van der Waals surface area contributed by atoms with Gasteiger partial charge >= 0.3 is 0 Å². The Hall–Kier alpha value is -2.43. The molecule has 5 heteroatoms. The fraction of sp³-hybridized carbons (Fsp3) is 0.400. The molecule has 1 aromatic carbocycles. The quantitative estimate of drug-likeness (QED) is 0.861. The van der Waals surface area contributed by atoms with Gasteiger partial charge in [0.15, 0.2) is 0 Å². The molecule has 2 aliphatic heterocycles. The van der Waals surface area contributed by atoms with Gasteiger partial charge in [-0.1, -0.05) is 18.2 Å². The molecule has 0 atom stereocenters. The van der Waals surface area contributed by atoms with Gasteiger partial charge in [0, 0.05) is 32.4 Å². The molecular formula is C20H22FN3O. The van der Waals surface area contributed by atoms with Gasteiger partial charge in [0.2, 0.25) is 5.91 Å². The number of aromatic nitrogens is 1. The number of pyridine rings is 1. The van der Waals surface area contributed by atoms with Crippen molar-refractivity contribution in [3.05, 3.63) is 60.0 Å². The van der Waals surface area contributed by atoms with Gasteiger partial charge in [0.05, 0.1) is 5.41 Å². The predicted octanol–water partition coefficient (Wildman–Crippen LogP) is 3.24. The lowest BCUT2D eigenvalue weighted by Gasteiger charge is -2.38. The predicted molar refractivity (Wildman–Crippen MR) is 94.6 cm³/mol. The summed E-state index contributed by atoms with van der Waals surface area (Å²) in [5, 5.41) is 0. The minimum Gasteiger partial charge on any atom is -0.357 e. The van der Waals surface area contributed by atoms with Crippen molar-refractivity contribution in [2.45, 2.75) is 25.8 Å². The van der Waals surface area contributed by atoms with E-state index in [9.17, 15) is 9.18 Å². The van der Waals surface area contributed by atoms with Gasteiger partial charge in [-0.2, -0.15) is 0 Å². The highest BCUT2D eigenvalue weighted by molar-refractivity contribution is 5.85. The number of benzene rings is 1. The molecule has 2 saturated heterocycles. The standard InChI is InChI=1S/C20H22FN3O/c21-17-5-3-4-16(14-17)15-24-13-9-20(19(24)25)7-11-23(12-8-20)18-6-1-2-10-22-18/h1-6,10,14H,7-9,11-13,15H2. The Balaban J connectivity index is 1.42. The van der Waals surface area contributed by atoms with Crippen LogP contribution in [0.2, 0.25) is 0 Å². The highest BCUT2D eigenvalue weighted by atomic mass is 19.1. The van der Waals surface area contributed by atoms with E-state index in [2.05, 4.69) is 9.88 Å². The average Bonchev–Trinajstić information content (AvgIpc) is 2.93. The number of carbonyl (C=O) groups excluding carboxylic acids is 1. The van der Waals surface area contributed by atoms with E-state index in [1.807, 2.05) is 29.2 Å². The normalized spacial score (nSPS) is 19.6. The molecule has 0 unspecified atom stereocenters. The first-order valence-corrected chi connectivity index (χ1v) is 8.86. The lowest BCUT2D eigenvalue weighted by atomic mass is 9.77. The summed E-state index contributed by atoms with van der Waals surface area (Å²) in [6, 6.07) is 12.5. The zero-order valence-electron chi connectivity index (χ0n) is 14.2. The Labute approximate surface area is 147 Å². The number of amides is 1. The number of halogens is 1. The topological polar surface area (TPSA) is 36.4 Å². The number of anilines is 1. The van der Waals surface area contributed by atoms with E-state index in [1.54, 1.807) is 12.3 Å². The van der Waals surface area contributed by atoms with Crippen molar-refractivity contribution in [1.29, 1.82) is 0 Å². The van der Waals surface area contributed by atoms with Crippen molar-refractivity contribution in [3.63, 3.8) is 0 Å². The van der Waals surface area contributed by atoms with Crippen LogP contribution in [0.15, 0.2) is 48.7 Å². The van der Waals surface area contributed by atoms with Crippen molar-refractivity contribution < 1.29 is 9.18 Å². The smallest absolute Gasteiger partial charge is 0.229 e. The van der Waals surface area contributed by atoms with Crippen LogP contribution in [0.5, 0.6) is 0 Å². The summed E-state index contributed by atoms with van der Waals surface area (Å²) in [7, 11) is 0. The summed E-state index contributed by atoms with van der Waals surface area (Å²) in [5.41, 5.74) is 0.620. The minimum absolute atomic E-state index is 0.234. The monoisotopic (exact) mass is 339 g/mol. The molecule has 1 aromatic heterocycles. The molecule has 25 heavy (non-hydrogen) atoms. The van der Waals surface area contributed by atoms with E-state index in [1.165, 1.54) is 12.1 Å². The van der Waals surface area contributed by atoms with Gasteiger partial charge in [0.25, 0.3) is 0 Å². The maximum atomic E-state index is 13.4. The van der Waals surface area contributed by atoms with E-state index in [4.69, 9.17) is 0 Å². The van der Waals surface area contributed by atoms with Gasteiger partial charge < -0.3 is 9.80 Å². The molecule has 2 aromatic rings. The zero-order valence-corrected chi connectivity index (χ0v) is 14.2. The Morgan fingerprint density at radius 1 is 1.04 bits per heavy atom. The number of carbonyl (C=O) groups is 1. The zero-order chi connectivity index (χ0) is 17.3. The largest absolute Gasteiger partial charge is 0.357 e. The summed E-state index contributed by atoms with van der Waals surface area (Å²) in [4.78, 5) is 21.6. The molecule has 0 radical (unpaired) electrons. The maximum Gasteiger partial charge on any atom is 0.229 e. The molecule has 0 N–H and O–H groups in total. The summed E-state index contributed by atoms with van der Waals surface area (Å²) in [6.07, 6.45) is 4.43. The Kier molecular flexibility index (Phi) is 4.15. The third kappa shape index (κ3) is 3.11. The molecule has 2 fully saturated rings. The number of likely N-dealkylation sites (tertiary alicyclic amines) is 1. The van der Waals surface area contributed by atoms with Gasteiger partial charge in [-0.15, -0.1) is 0 Å². The second-order valence-corrected chi connectivity index (χ2v) is 7.06. The molecule has 1 amide bonds. The van der Waals surface area contributed by atoms with Crippen molar-refractivity contribution in [2.75, 3.05) is 24.5 Å². The lowest BCUT2D eigenvalue weighted by Crippen LogP contribution is -2.44. The fourth-order valence-corrected chi connectivity index (χ4v) is 4.07. The van der Waals surface area contributed by atoms with E-state index >= 15 is 0 Å². The molecule has 0 aliphatic carbocycles. The molecule has 0 bridgehead atoms. The SMILES string of the molecule is O=C1N(Cc2cccc(F)c2)CCC12CCN(c1ccccn1)CC2. The number of hydrogen-bond donors (Lipinski definition) is 0. The minimum atomic E-state index is -0.248. The van der Waals surface area contributed by atoms with E-state index in [-0.39, 0.29) is 17.1 Å². The van der Waals surface area contributed by atoms with Gasteiger partial charge in [-0.05, 0) is 49.1 Å². The van der Waals surface area contributed by atoms with Crippen LogP contribution in [0.25, 0.3) is 0 Å². The number of rotatable bonds is 3. The van der Waals surface area contributed by atoms with E-state index in [0.29, 0.717) is 6.54 Å². The average molecular weight is 339 g/mol. The third-order valence-electron chi connectivity index (χ3n) is 5.56. The molecule has 130 valence electrons. The van der Waals surface area contributed by atoms with Crippen LogP contribution >= 0.6 is 0 Å². The lowest BCUT2D eigenvalue weighted by molar-refractivity contribution is -0.137. The number of hydrogen-bond acceptors (Lipinski definition) is 3. The van der Waals surface area contributed by atoms with Crippen LogP contribution in [0.4, 0.5) is 10.2 Å². The van der Waals surface area contributed by atoms with Crippen LogP contribution in [0.3, 0.4) is 0 Å². The van der Waals surface area contributed by atoms with Gasteiger partial charge in [0.1, 0.15) is 11.6 Å². The highest BCUT2D eigenvalue weighted by Gasteiger charge is 2.48. The number of piperidine rings is 1. The molecule has 0 saturated carbocycles. The first-order valence-electron chi connectivity index (χ1n) is 8.86. The second-order valence-electron chi connectivity index (χ2n) is 7.06. The van der Waals surface area contributed by atoms with E-state index < -0.39 is 0 Å². The summed E-state index contributed by atoms with van der Waals surface area (Å²) in [5.74, 6) is 0.972. The second kappa shape index (κ2) is 6.47. The van der Waals surface area contributed by atoms with Crippen LogP contribution in [0.1, 0.15) is 24.8 Å². The first-order chi connectivity index (χ1) is 12.2. The van der Waals surface area contributed by atoms with Crippen LogP contribution in [0, 0.1) is 11.2 Å². The Bertz CT molecular complexity index is 757. The van der Waals surface area contributed by atoms with Crippen LogP contribution in [-0.4, -0.2) is 35.4 Å². The maximum absolute atomic E-state index is 13.4. The molecule has 4 rings (SSSR count). The van der Waals surface area contributed by atoms with Crippen molar-refractivity contribution in [3.8, 4) is 0 Å². The van der Waals surface area contributed by atoms with Crippen molar-refractivity contribution in [1.82, 2.24) is 9.88 Å². The molecule has 2 aliphatic rings. The molecular weight excluding hydrogens is 317 g/mol. The Morgan fingerprint density at radius 3 is 2.56 bits per heavy atom. The van der Waals surface area contributed by atoms with Crippen LogP contribution < -0.4 is 4.90 Å². The Morgan fingerprint density at radius 2 is 1.84 bits per heavy atom. The molecule has 4 nitrogen and oxygen atoms in total. The summed E-state index contributed by atoms with van der Waals surface area (Å²) >= 11 is 0. The van der Waals surface area contributed by atoms with Crippen LogP contribution in [-0.2, 0) is 11.3 Å². The molecule has 3 heterocycles. The number of nitrogens with zero attached hydrogens (tertiary/aromatic N) is 3.